The number of anilines is 1. The first kappa shape index (κ1) is 16.8. The molecule has 2 atom stereocenters. The second-order valence-corrected chi connectivity index (χ2v) is 5.51. The van der Waals surface area contributed by atoms with Crippen molar-refractivity contribution in [3.05, 3.63) is 65.7 Å². The SMILES string of the molecule is CCc1cccc(NC(N)=NC2CC2c2ccccc2)c1.I. The van der Waals surface area contributed by atoms with Crippen LogP contribution in [0.1, 0.15) is 30.4 Å². The van der Waals surface area contributed by atoms with Gasteiger partial charge in [0.15, 0.2) is 5.96 Å². The third kappa shape index (κ3) is 4.22. The van der Waals surface area contributed by atoms with Crippen molar-refractivity contribution in [2.75, 3.05) is 5.32 Å². The lowest BCUT2D eigenvalue weighted by molar-refractivity contribution is 0.985. The molecule has 4 heteroatoms. The van der Waals surface area contributed by atoms with Crippen molar-refractivity contribution < 1.29 is 0 Å². The molecule has 3 rings (SSSR count). The summed E-state index contributed by atoms with van der Waals surface area (Å²) in [4.78, 5) is 4.58. The lowest BCUT2D eigenvalue weighted by Gasteiger charge is -2.07. The first-order valence-electron chi connectivity index (χ1n) is 7.50. The Kier molecular flexibility index (Phi) is 5.83. The van der Waals surface area contributed by atoms with E-state index in [0.717, 1.165) is 18.5 Å². The highest BCUT2D eigenvalue weighted by molar-refractivity contribution is 14.0. The molecule has 1 saturated carbocycles. The summed E-state index contributed by atoms with van der Waals surface area (Å²) in [5, 5.41) is 3.19. The van der Waals surface area contributed by atoms with E-state index in [-0.39, 0.29) is 24.0 Å². The van der Waals surface area contributed by atoms with E-state index in [4.69, 9.17) is 5.73 Å². The number of aliphatic imine (C=N–C) groups is 1. The smallest absolute Gasteiger partial charge is 0.193 e. The van der Waals surface area contributed by atoms with E-state index < -0.39 is 0 Å². The molecular formula is C18H22IN3. The van der Waals surface area contributed by atoms with Crippen molar-refractivity contribution in [3.63, 3.8) is 0 Å². The Labute approximate surface area is 149 Å². The van der Waals surface area contributed by atoms with Crippen LogP contribution >= 0.6 is 24.0 Å². The van der Waals surface area contributed by atoms with Crippen molar-refractivity contribution in [1.82, 2.24) is 0 Å². The van der Waals surface area contributed by atoms with Crippen molar-refractivity contribution in [2.24, 2.45) is 10.7 Å². The zero-order valence-corrected chi connectivity index (χ0v) is 15.0. The fourth-order valence-corrected chi connectivity index (χ4v) is 2.61. The Morgan fingerprint density at radius 2 is 1.95 bits per heavy atom. The highest BCUT2D eigenvalue weighted by atomic mass is 127. The first-order chi connectivity index (χ1) is 10.3. The van der Waals surface area contributed by atoms with Gasteiger partial charge in [0.05, 0.1) is 6.04 Å². The Bertz CT molecular complexity index is 640. The Morgan fingerprint density at radius 1 is 1.18 bits per heavy atom. The fraction of sp³-hybridized carbons (Fsp3) is 0.278. The molecule has 1 aliphatic rings. The van der Waals surface area contributed by atoms with E-state index in [0.29, 0.717) is 17.9 Å². The monoisotopic (exact) mass is 407 g/mol. The van der Waals surface area contributed by atoms with Gasteiger partial charge in [0.1, 0.15) is 0 Å². The molecule has 22 heavy (non-hydrogen) atoms. The van der Waals surface area contributed by atoms with Gasteiger partial charge in [0.2, 0.25) is 0 Å². The quantitative estimate of drug-likeness (QED) is 0.455. The van der Waals surface area contributed by atoms with Gasteiger partial charge in [-0.1, -0.05) is 49.4 Å². The lowest BCUT2D eigenvalue weighted by atomic mass is 10.1. The molecule has 0 radical (unpaired) electrons. The highest BCUT2D eigenvalue weighted by Crippen LogP contribution is 2.43. The van der Waals surface area contributed by atoms with Gasteiger partial charge in [-0.3, -0.25) is 0 Å². The number of guanidine groups is 1. The van der Waals surface area contributed by atoms with Gasteiger partial charge in [-0.25, -0.2) is 4.99 Å². The fourth-order valence-electron chi connectivity index (χ4n) is 2.61. The number of rotatable bonds is 4. The van der Waals surface area contributed by atoms with E-state index >= 15 is 0 Å². The Morgan fingerprint density at radius 3 is 2.68 bits per heavy atom. The van der Waals surface area contributed by atoms with Crippen LogP contribution in [-0.4, -0.2) is 12.0 Å². The summed E-state index contributed by atoms with van der Waals surface area (Å²) in [6.07, 6.45) is 2.10. The molecular weight excluding hydrogens is 385 g/mol. The van der Waals surface area contributed by atoms with Gasteiger partial charge >= 0.3 is 0 Å². The minimum absolute atomic E-state index is 0. The minimum Gasteiger partial charge on any atom is -0.370 e. The van der Waals surface area contributed by atoms with E-state index in [1.54, 1.807) is 0 Å². The molecule has 3 nitrogen and oxygen atoms in total. The third-order valence-electron chi connectivity index (χ3n) is 3.90. The molecule has 2 unspecified atom stereocenters. The number of halogens is 1. The molecule has 0 saturated heterocycles. The average molecular weight is 407 g/mol. The van der Waals surface area contributed by atoms with Crippen LogP contribution in [0.4, 0.5) is 5.69 Å². The maximum absolute atomic E-state index is 6.02. The van der Waals surface area contributed by atoms with Crippen LogP contribution in [0.2, 0.25) is 0 Å². The van der Waals surface area contributed by atoms with Gasteiger partial charge in [0, 0.05) is 11.6 Å². The summed E-state index contributed by atoms with van der Waals surface area (Å²) < 4.78 is 0. The predicted molar refractivity (Wildman–Crippen MR) is 104 cm³/mol. The predicted octanol–water partition coefficient (Wildman–Crippen LogP) is 4.15. The Hall–Kier alpha value is -1.56. The summed E-state index contributed by atoms with van der Waals surface area (Å²) in [7, 11) is 0. The zero-order valence-electron chi connectivity index (χ0n) is 12.7. The number of hydrogen-bond acceptors (Lipinski definition) is 1. The Balaban J connectivity index is 0.00000176. The summed E-state index contributed by atoms with van der Waals surface area (Å²) >= 11 is 0. The van der Waals surface area contributed by atoms with Crippen molar-refractivity contribution in [1.29, 1.82) is 0 Å². The zero-order chi connectivity index (χ0) is 14.7. The first-order valence-corrected chi connectivity index (χ1v) is 7.50. The number of nitrogens with one attached hydrogen (secondary N) is 1. The topological polar surface area (TPSA) is 50.4 Å². The molecule has 0 aliphatic heterocycles. The number of nitrogens with zero attached hydrogens (tertiary/aromatic N) is 1. The molecule has 2 aromatic carbocycles. The molecule has 0 aromatic heterocycles. The van der Waals surface area contributed by atoms with Crippen molar-refractivity contribution in [3.8, 4) is 0 Å². The maximum Gasteiger partial charge on any atom is 0.193 e. The number of benzene rings is 2. The van der Waals surface area contributed by atoms with Gasteiger partial charge in [-0.05, 0) is 36.1 Å². The lowest BCUT2D eigenvalue weighted by Crippen LogP contribution is -2.23. The normalized spacial score (nSPS) is 20.1. The van der Waals surface area contributed by atoms with Crippen LogP contribution in [-0.2, 0) is 6.42 Å². The highest BCUT2D eigenvalue weighted by Gasteiger charge is 2.38. The molecule has 116 valence electrons. The van der Waals surface area contributed by atoms with E-state index in [9.17, 15) is 0 Å². The van der Waals surface area contributed by atoms with Gasteiger partial charge in [-0.15, -0.1) is 24.0 Å². The van der Waals surface area contributed by atoms with E-state index in [2.05, 4.69) is 53.6 Å². The second kappa shape index (κ2) is 7.63. The molecule has 3 N–H and O–H groups in total. The van der Waals surface area contributed by atoms with Crippen LogP contribution < -0.4 is 11.1 Å². The molecule has 0 bridgehead atoms. The molecule has 0 amide bonds. The maximum atomic E-state index is 6.02. The van der Waals surface area contributed by atoms with Crippen molar-refractivity contribution in [2.45, 2.75) is 31.7 Å². The second-order valence-electron chi connectivity index (χ2n) is 5.51. The summed E-state index contributed by atoms with van der Waals surface area (Å²) in [5.74, 6) is 1.03. The van der Waals surface area contributed by atoms with Crippen LogP contribution in [0, 0.1) is 0 Å². The third-order valence-corrected chi connectivity index (χ3v) is 3.90. The van der Waals surface area contributed by atoms with Crippen LogP contribution in [0.25, 0.3) is 0 Å². The van der Waals surface area contributed by atoms with Crippen LogP contribution in [0.3, 0.4) is 0 Å². The summed E-state index contributed by atoms with van der Waals surface area (Å²) in [5.41, 5.74) is 9.67. The largest absolute Gasteiger partial charge is 0.370 e. The van der Waals surface area contributed by atoms with E-state index in [1.807, 2.05) is 18.2 Å². The van der Waals surface area contributed by atoms with Gasteiger partial charge < -0.3 is 11.1 Å². The number of nitrogens with two attached hydrogens (primary N) is 1. The van der Waals surface area contributed by atoms with Crippen LogP contribution in [0.5, 0.6) is 0 Å². The summed E-state index contributed by atoms with van der Waals surface area (Å²) in [6.45, 7) is 2.14. The van der Waals surface area contributed by atoms with Gasteiger partial charge in [-0.2, -0.15) is 0 Å². The molecule has 2 aromatic rings. The molecule has 1 aliphatic carbocycles. The van der Waals surface area contributed by atoms with Crippen molar-refractivity contribution >= 4 is 35.6 Å². The number of aryl methyl sites for hydroxylation is 1. The van der Waals surface area contributed by atoms with Gasteiger partial charge in [0.25, 0.3) is 0 Å². The minimum atomic E-state index is 0. The van der Waals surface area contributed by atoms with Crippen LogP contribution in [0.15, 0.2) is 59.6 Å². The van der Waals surface area contributed by atoms with E-state index in [1.165, 1.54) is 11.1 Å². The number of hydrogen-bond donors (Lipinski definition) is 2. The molecule has 0 heterocycles. The average Bonchev–Trinajstić information content (AvgIpc) is 3.27. The summed E-state index contributed by atoms with van der Waals surface area (Å²) in [6, 6.07) is 19.1. The molecule has 1 fully saturated rings. The standard InChI is InChI=1S/C18H21N3.HI/c1-2-13-7-6-10-15(11-13)20-18(19)21-17-12-16(17)14-8-4-3-5-9-14;/h3-11,16-17H,2,12H2,1H3,(H3,19,20,21);1H. The molecule has 0 spiro atoms.